The number of anilines is 1. The Bertz CT molecular complexity index is 683. The standard InChI is InChI=1S/C20H25N3O2/c1-25-12-9-22-15-18-7-8-20(19(13-18)14-21)23(10-11-24)16-17-5-3-2-4-6-17/h2-8,13,22,24H,9-12,15-16H2,1H3. The molecule has 0 unspecified atom stereocenters. The Morgan fingerprint density at radius 1 is 1.16 bits per heavy atom. The Kier molecular flexibility index (Phi) is 7.93. The van der Waals surface area contributed by atoms with E-state index in [1.807, 2.05) is 53.4 Å². The molecule has 0 aromatic heterocycles. The summed E-state index contributed by atoms with van der Waals surface area (Å²) in [5.74, 6) is 0. The van der Waals surface area contributed by atoms with Gasteiger partial charge >= 0.3 is 0 Å². The minimum absolute atomic E-state index is 0.0397. The molecule has 0 spiro atoms. The number of ether oxygens (including phenoxy) is 1. The van der Waals surface area contributed by atoms with Crippen molar-refractivity contribution in [2.45, 2.75) is 13.1 Å². The van der Waals surface area contributed by atoms with Crippen LogP contribution in [0.5, 0.6) is 0 Å². The number of hydrogen-bond donors (Lipinski definition) is 2. The first-order valence-electron chi connectivity index (χ1n) is 8.41. The lowest BCUT2D eigenvalue weighted by Gasteiger charge is -2.25. The highest BCUT2D eigenvalue weighted by molar-refractivity contribution is 5.60. The van der Waals surface area contributed by atoms with Crippen LogP contribution >= 0.6 is 0 Å². The van der Waals surface area contributed by atoms with Gasteiger partial charge in [0.15, 0.2) is 0 Å². The molecule has 0 saturated carbocycles. The maximum absolute atomic E-state index is 9.56. The first-order chi connectivity index (χ1) is 12.3. The molecule has 5 heteroatoms. The second-order valence-corrected chi connectivity index (χ2v) is 5.76. The first-order valence-corrected chi connectivity index (χ1v) is 8.41. The van der Waals surface area contributed by atoms with Crippen LogP contribution in [-0.2, 0) is 17.8 Å². The Balaban J connectivity index is 2.15. The summed E-state index contributed by atoms with van der Waals surface area (Å²) in [4.78, 5) is 2.04. The molecular formula is C20H25N3O2. The van der Waals surface area contributed by atoms with Gasteiger partial charge in [0, 0.05) is 33.3 Å². The van der Waals surface area contributed by atoms with E-state index in [0.717, 1.165) is 23.4 Å². The van der Waals surface area contributed by atoms with Crippen LogP contribution < -0.4 is 10.2 Å². The van der Waals surface area contributed by atoms with E-state index in [1.165, 1.54) is 0 Å². The molecule has 2 N–H and O–H groups in total. The summed E-state index contributed by atoms with van der Waals surface area (Å²) < 4.78 is 5.01. The van der Waals surface area contributed by atoms with E-state index in [2.05, 4.69) is 11.4 Å². The summed E-state index contributed by atoms with van der Waals surface area (Å²) in [6, 6.07) is 18.2. The van der Waals surface area contributed by atoms with Gasteiger partial charge in [-0.3, -0.25) is 0 Å². The number of methoxy groups -OCH3 is 1. The summed E-state index contributed by atoms with van der Waals surface area (Å²) >= 11 is 0. The number of aliphatic hydroxyl groups excluding tert-OH is 1. The van der Waals surface area contributed by atoms with E-state index in [1.54, 1.807) is 7.11 Å². The minimum Gasteiger partial charge on any atom is -0.395 e. The number of hydrogen-bond acceptors (Lipinski definition) is 5. The summed E-state index contributed by atoms with van der Waals surface area (Å²) in [5, 5.41) is 22.3. The van der Waals surface area contributed by atoms with Gasteiger partial charge < -0.3 is 20.1 Å². The molecule has 25 heavy (non-hydrogen) atoms. The van der Waals surface area contributed by atoms with E-state index in [9.17, 15) is 10.4 Å². The molecule has 0 fully saturated rings. The molecule has 132 valence electrons. The summed E-state index contributed by atoms with van der Waals surface area (Å²) in [7, 11) is 1.67. The van der Waals surface area contributed by atoms with Crippen LogP contribution in [0.25, 0.3) is 0 Å². The lowest BCUT2D eigenvalue weighted by Crippen LogP contribution is -2.27. The molecule has 2 aromatic carbocycles. The van der Waals surface area contributed by atoms with Crippen molar-refractivity contribution in [2.24, 2.45) is 0 Å². The van der Waals surface area contributed by atoms with Gasteiger partial charge in [-0.25, -0.2) is 0 Å². The topological polar surface area (TPSA) is 68.5 Å². The second kappa shape index (κ2) is 10.5. The van der Waals surface area contributed by atoms with Gasteiger partial charge in [-0.2, -0.15) is 5.26 Å². The normalized spacial score (nSPS) is 10.4. The van der Waals surface area contributed by atoms with Gasteiger partial charge in [0.05, 0.1) is 24.5 Å². The molecular weight excluding hydrogens is 314 g/mol. The lowest BCUT2D eigenvalue weighted by molar-refractivity contribution is 0.199. The molecule has 2 rings (SSSR count). The summed E-state index contributed by atoms with van der Waals surface area (Å²) in [6.45, 7) is 3.29. The van der Waals surface area contributed by atoms with Crippen LogP contribution in [-0.4, -0.2) is 38.5 Å². The quantitative estimate of drug-likeness (QED) is 0.650. The van der Waals surface area contributed by atoms with Gasteiger partial charge in [-0.05, 0) is 23.3 Å². The van der Waals surface area contributed by atoms with Crippen LogP contribution in [0.1, 0.15) is 16.7 Å². The van der Waals surface area contributed by atoms with Crippen LogP contribution in [0.4, 0.5) is 5.69 Å². The van der Waals surface area contributed by atoms with Crippen LogP contribution in [0.2, 0.25) is 0 Å². The van der Waals surface area contributed by atoms with Crippen molar-refractivity contribution in [3.8, 4) is 6.07 Å². The largest absolute Gasteiger partial charge is 0.395 e. The van der Waals surface area contributed by atoms with Crippen LogP contribution in [0.3, 0.4) is 0 Å². The molecule has 5 nitrogen and oxygen atoms in total. The van der Waals surface area contributed by atoms with Gasteiger partial charge in [-0.1, -0.05) is 36.4 Å². The molecule has 2 aromatic rings. The van der Waals surface area contributed by atoms with Crippen molar-refractivity contribution in [1.29, 1.82) is 5.26 Å². The van der Waals surface area contributed by atoms with Gasteiger partial charge in [0.2, 0.25) is 0 Å². The molecule has 0 saturated heterocycles. The van der Waals surface area contributed by atoms with E-state index in [0.29, 0.717) is 31.8 Å². The fraction of sp³-hybridized carbons (Fsp3) is 0.350. The Labute approximate surface area is 149 Å². The van der Waals surface area contributed by atoms with Crippen molar-refractivity contribution in [3.63, 3.8) is 0 Å². The number of benzene rings is 2. The van der Waals surface area contributed by atoms with E-state index < -0.39 is 0 Å². The number of rotatable bonds is 10. The SMILES string of the molecule is COCCNCc1ccc(N(CCO)Cc2ccccc2)c(C#N)c1. The monoisotopic (exact) mass is 339 g/mol. The fourth-order valence-electron chi connectivity index (χ4n) is 2.67. The third kappa shape index (κ3) is 5.87. The van der Waals surface area contributed by atoms with E-state index >= 15 is 0 Å². The van der Waals surface area contributed by atoms with Crippen molar-refractivity contribution >= 4 is 5.69 Å². The maximum Gasteiger partial charge on any atom is 0.101 e. The highest BCUT2D eigenvalue weighted by Gasteiger charge is 2.12. The minimum atomic E-state index is 0.0397. The third-order valence-electron chi connectivity index (χ3n) is 3.92. The molecule has 0 heterocycles. The molecule has 0 aliphatic carbocycles. The zero-order valence-corrected chi connectivity index (χ0v) is 14.6. The number of aliphatic hydroxyl groups is 1. The summed E-state index contributed by atoms with van der Waals surface area (Å²) in [5.41, 5.74) is 3.67. The lowest BCUT2D eigenvalue weighted by atomic mass is 10.1. The molecule has 0 radical (unpaired) electrons. The number of nitriles is 1. The molecule has 0 bridgehead atoms. The number of nitrogens with zero attached hydrogens (tertiary/aromatic N) is 2. The van der Waals surface area contributed by atoms with Crippen molar-refractivity contribution < 1.29 is 9.84 Å². The summed E-state index contributed by atoms with van der Waals surface area (Å²) in [6.07, 6.45) is 0. The first kappa shape index (κ1) is 18.9. The van der Waals surface area contributed by atoms with Crippen molar-refractivity contribution in [1.82, 2.24) is 5.32 Å². The van der Waals surface area contributed by atoms with Gasteiger partial charge in [0.1, 0.15) is 6.07 Å². The average Bonchev–Trinajstić information content (AvgIpc) is 2.65. The predicted octanol–water partition coefficient (Wildman–Crippen LogP) is 2.29. The smallest absolute Gasteiger partial charge is 0.101 e. The zero-order valence-electron chi connectivity index (χ0n) is 14.6. The fourth-order valence-corrected chi connectivity index (χ4v) is 2.67. The molecule has 0 amide bonds. The highest BCUT2D eigenvalue weighted by Crippen LogP contribution is 2.23. The Morgan fingerprint density at radius 3 is 2.64 bits per heavy atom. The van der Waals surface area contributed by atoms with E-state index in [-0.39, 0.29) is 6.61 Å². The van der Waals surface area contributed by atoms with Crippen molar-refractivity contribution in [3.05, 3.63) is 65.2 Å². The highest BCUT2D eigenvalue weighted by atomic mass is 16.5. The molecule has 0 atom stereocenters. The third-order valence-corrected chi connectivity index (χ3v) is 3.92. The van der Waals surface area contributed by atoms with Gasteiger partial charge in [-0.15, -0.1) is 0 Å². The molecule has 0 aliphatic rings. The maximum atomic E-state index is 9.56. The van der Waals surface area contributed by atoms with Crippen LogP contribution in [0, 0.1) is 11.3 Å². The van der Waals surface area contributed by atoms with E-state index in [4.69, 9.17) is 4.74 Å². The molecule has 0 aliphatic heterocycles. The average molecular weight is 339 g/mol. The number of nitrogens with one attached hydrogen (secondary N) is 1. The Hall–Kier alpha value is -2.39. The van der Waals surface area contributed by atoms with Crippen molar-refractivity contribution in [2.75, 3.05) is 38.3 Å². The second-order valence-electron chi connectivity index (χ2n) is 5.76. The van der Waals surface area contributed by atoms with Gasteiger partial charge in [0.25, 0.3) is 0 Å². The zero-order chi connectivity index (χ0) is 17.9. The predicted molar refractivity (Wildman–Crippen MR) is 99.3 cm³/mol. The Morgan fingerprint density at radius 2 is 1.96 bits per heavy atom. The van der Waals surface area contributed by atoms with Crippen LogP contribution in [0.15, 0.2) is 48.5 Å².